The third-order valence-corrected chi connectivity index (χ3v) is 5.55. The number of nitrogens with one attached hydrogen (secondary N) is 1. The van der Waals surface area contributed by atoms with Gasteiger partial charge in [0.1, 0.15) is 5.75 Å². The van der Waals surface area contributed by atoms with E-state index >= 15 is 0 Å². The summed E-state index contributed by atoms with van der Waals surface area (Å²) < 4.78 is 5.22. The number of nitrogens with zero attached hydrogens (tertiary/aromatic N) is 1. The highest BCUT2D eigenvalue weighted by atomic mass is 35.5. The van der Waals surface area contributed by atoms with Crippen molar-refractivity contribution in [3.05, 3.63) is 64.7 Å². The third-order valence-electron chi connectivity index (χ3n) is 5.22. The smallest absolute Gasteiger partial charge is 0.255 e. The lowest BCUT2D eigenvalue weighted by Gasteiger charge is -2.39. The summed E-state index contributed by atoms with van der Waals surface area (Å²) in [6, 6.07) is 14.6. The molecule has 0 radical (unpaired) electrons. The Morgan fingerprint density at radius 1 is 1.21 bits per heavy atom. The fraction of sp³-hybridized carbons (Fsp3) is 0.364. The molecular formula is C22H25ClN2O3. The molecule has 0 spiro atoms. The van der Waals surface area contributed by atoms with E-state index in [-0.39, 0.29) is 11.8 Å². The molecule has 2 amide bonds. The molecule has 3 rings (SSSR count). The van der Waals surface area contributed by atoms with Gasteiger partial charge in [-0.05, 0) is 49.6 Å². The van der Waals surface area contributed by atoms with Gasteiger partial charge in [-0.1, -0.05) is 35.9 Å². The number of halogens is 1. The normalized spacial score (nSPS) is 19.2. The molecule has 5 nitrogen and oxygen atoms in total. The quantitative estimate of drug-likeness (QED) is 0.827. The van der Waals surface area contributed by atoms with Crippen LogP contribution >= 0.6 is 11.6 Å². The van der Waals surface area contributed by atoms with Gasteiger partial charge >= 0.3 is 0 Å². The molecule has 0 aliphatic carbocycles. The van der Waals surface area contributed by atoms with Gasteiger partial charge in [0.2, 0.25) is 5.91 Å². The summed E-state index contributed by atoms with van der Waals surface area (Å²) in [5, 5.41) is 3.45. The van der Waals surface area contributed by atoms with Crippen molar-refractivity contribution in [3.63, 3.8) is 0 Å². The van der Waals surface area contributed by atoms with Crippen LogP contribution in [0.4, 0.5) is 0 Å². The van der Waals surface area contributed by atoms with Gasteiger partial charge in [-0.25, -0.2) is 0 Å². The van der Waals surface area contributed by atoms with Crippen LogP contribution in [0, 0.1) is 5.41 Å². The summed E-state index contributed by atoms with van der Waals surface area (Å²) in [7, 11) is 1.62. The number of likely N-dealkylation sites (tertiary alicyclic amines) is 1. The number of carbonyl (C=O) groups excluding carboxylic acids is 2. The van der Waals surface area contributed by atoms with Gasteiger partial charge in [-0.2, -0.15) is 0 Å². The lowest BCUT2D eigenvalue weighted by molar-refractivity contribution is -0.132. The molecule has 148 valence electrons. The van der Waals surface area contributed by atoms with E-state index in [4.69, 9.17) is 16.3 Å². The number of carbonyl (C=O) groups is 2. The number of hydrogen-bond acceptors (Lipinski definition) is 3. The topological polar surface area (TPSA) is 58.6 Å². The van der Waals surface area contributed by atoms with Crippen molar-refractivity contribution < 1.29 is 14.3 Å². The van der Waals surface area contributed by atoms with Crippen LogP contribution in [-0.2, 0) is 11.3 Å². The summed E-state index contributed by atoms with van der Waals surface area (Å²) in [6.45, 7) is 3.34. The Morgan fingerprint density at radius 3 is 2.75 bits per heavy atom. The van der Waals surface area contributed by atoms with Crippen molar-refractivity contribution in [2.45, 2.75) is 26.3 Å². The SMILES string of the molecule is COc1cccc(CNC(=O)[C@]2(C)CCCN(C(=O)c3ccccc3Cl)C2)c1. The second-order valence-corrected chi connectivity index (χ2v) is 7.81. The number of hydrogen-bond donors (Lipinski definition) is 1. The Hall–Kier alpha value is -2.53. The van der Waals surface area contributed by atoms with E-state index in [0.29, 0.717) is 30.2 Å². The van der Waals surface area contributed by atoms with Gasteiger partial charge in [0, 0.05) is 19.6 Å². The molecule has 0 unspecified atom stereocenters. The zero-order valence-electron chi connectivity index (χ0n) is 16.2. The predicted octanol–water partition coefficient (Wildman–Crippen LogP) is 3.91. The summed E-state index contributed by atoms with van der Waals surface area (Å²) in [5.41, 5.74) is 0.815. The molecule has 2 aromatic carbocycles. The molecule has 1 fully saturated rings. The highest BCUT2D eigenvalue weighted by Crippen LogP contribution is 2.31. The fourth-order valence-corrected chi connectivity index (χ4v) is 3.80. The van der Waals surface area contributed by atoms with Crippen molar-refractivity contribution in [2.24, 2.45) is 5.41 Å². The first-order valence-corrected chi connectivity index (χ1v) is 9.76. The highest BCUT2D eigenvalue weighted by molar-refractivity contribution is 6.33. The van der Waals surface area contributed by atoms with Crippen LogP contribution in [0.15, 0.2) is 48.5 Å². The number of amides is 2. The Kier molecular flexibility index (Phi) is 6.25. The van der Waals surface area contributed by atoms with Gasteiger partial charge in [-0.15, -0.1) is 0 Å². The number of ether oxygens (including phenoxy) is 1. The zero-order valence-corrected chi connectivity index (χ0v) is 17.0. The first-order valence-electron chi connectivity index (χ1n) is 9.38. The van der Waals surface area contributed by atoms with Crippen LogP contribution in [0.25, 0.3) is 0 Å². The minimum Gasteiger partial charge on any atom is -0.497 e. The second-order valence-electron chi connectivity index (χ2n) is 7.40. The molecule has 0 bridgehead atoms. The number of methoxy groups -OCH3 is 1. The van der Waals surface area contributed by atoms with Crippen molar-refractivity contribution in [1.82, 2.24) is 10.2 Å². The van der Waals surface area contributed by atoms with Gasteiger partial charge in [0.25, 0.3) is 5.91 Å². The van der Waals surface area contributed by atoms with Crippen molar-refractivity contribution in [3.8, 4) is 5.75 Å². The van der Waals surface area contributed by atoms with Gasteiger partial charge in [-0.3, -0.25) is 9.59 Å². The van der Waals surface area contributed by atoms with Crippen molar-refractivity contribution in [1.29, 1.82) is 0 Å². The molecule has 1 aliphatic rings. The zero-order chi connectivity index (χ0) is 20.1. The highest BCUT2D eigenvalue weighted by Gasteiger charge is 2.39. The van der Waals surface area contributed by atoms with E-state index in [2.05, 4.69) is 5.32 Å². The lowest BCUT2D eigenvalue weighted by atomic mass is 9.80. The Bertz CT molecular complexity index is 870. The minimum absolute atomic E-state index is 0.0491. The first kappa shape index (κ1) is 20.2. The number of rotatable bonds is 5. The Labute approximate surface area is 170 Å². The van der Waals surface area contributed by atoms with Crippen LogP contribution in [0.1, 0.15) is 35.7 Å². The van der Waals surface area contributed by atoms with Crippen LogP contribution in [0.3, 0.4) is 0 Å². The van der Waals surface area contributed by atoms with E-state index in [1.807, 2.05) is 31.2 Å². The molecule has 0 aromatic heterocycles. The maximum absolute atomic E-state index is 12.9. The molecule has 1 atom stereocenters. The fourth-order valence-electron chi connectivity index (χ4n) is 3.58. The lowest BCUT2D eigenvalue weighted by Crippen LogP contribution is -2.51. The largest absolute Gasteiger partial charge is 0.497 e. The molecule has 1 saturated heterocycles. The Balaban J connectivity index is 1.66. The maximum Gasteiger partial charge on any atom is 0.255 e. The van der Waals surface area contributed by atoms with E-state index in [1.165, 1.54) is 0 Å². The summed E-state index contributed by atoms with van der Waals surface area (Å²) >= 11 is 6.18. The number of benzene rings is 2. The molecule has 0 saturated carbocycles. The molecule has 1 aliphatic heterocycles. The van der Waals surface area contributed by atoms with Crippen LogP contribution < -0.4 is 10.1 Å². The average molecular weight is 401 g/mol. The van der Waals surface area contributed by atoms with Crippen LogP contribution in [-0.4, -0.2) is 36.9 Å². The van der Waals surface area contributed by atoms with E-state index in [9.17, 15) is 9.59 Å². The number of piperidine rings is 1. The molecule has 1 heterocycles. The van der Waals surface area contributed by atoms with Gasteiger partial charge in [0.15, 0.2) is 0 Å². The standard InChI is InChI=1S/C22H25ClN2O3/c1-22(21(27)24-14-16-7-5-8-17(13-16)28-2)11-6-12-25(15-22)20(26)18-9-3-4-10-19(18)23/h3-5,7-10,13H,6,11-12,14-15H2,1-2H3,(H,24,27)/t22-/m1/s1. The monoisotopic (exact) mass is 400 g/mol. The third kappa shape index (κ3) is 4.47. The predicted molar refractivity (Wildman–Crippen MR) is 110 cm³/mol. The molecule has 2 aromatic rings. The minimum atomic E-state index is -0.631. The molecule has 6 heteroatoms. The van der Waals surface area contributed by atoms with E-state index < -0.39 is 5.41 Å². The second kappa shape index (κ2) is 8.65. The van der Waals surface area contributed by atoms with Gasteiger partial charge in [0.05, 0.1) is 23.1 Å². The van der Waals surface area contributed by atoms with Crippen molar-refractivity contribution in [2.75, 3.05) is 20.2 Å². The molecule has 1 N–H and O–H groups in total. The van der Waals surface area contributed by atoms with Crippen LogP contribution in [0.5, 0.6) is 5.75 Å². The van der Waals surface area contributed by atoms with Gasteiger partial charge < -0.3 is 15.0 Å². The molecule has 28 heavy (non-hydrogen) atoms. The summed E-state index contributed by atoms with van der Waals surface area (Å²) in [4.78, 5) is 27.5. The summed E-state index contributed by atoms with van der Waals surface area (Å²) in [5.74, 6) is 0.580. The summed E-state index contributed by atoms with van der Waals surface area (Å²) in [6.07, 6.45) is 1.52. The van der Waals surface area contributed by atoms with Crippen LogP contribution in [0.2, 0.25) is 5.02 Å². The molecular weight excluding hydrogens is 376 g/mol. The van der Waals surface area contributed by atoms with Crippen molar-refractivity contribution >= 4 is 23.4 Å². The van der Waals surface area contributed by atoms with E-state index in [0.717, 1.165) is 24.2 Å². The first-order chi connectivity index (χ1) is 13.4. The maximum atomic E-state index is 12.9. The van der Waals surface area contributed by atoms with E-state index in [1.54, 1.807) is 36.3 Å². The Morgan fingerprint density at radius 2 is 2.00 bits per heavy atom. The average Bonchev–Trinajstić information content (AvgIpc) is 2.72.